The molecule has 0 bridgehead atoms. The lowest BCUT2D eigenvalue weighted by Gasteiger charge is -2.08. The van der Waals surface area contributed by atoms with Crippen LogP contribution in [0.2, 0.25) is 0 Å². The topological polar surface area (TPSA) is 38.3 Å². The third-order valence-electron chi connectivity index (χ3n) is 3.92. The third-order valence-corrected chi connectivity index (χ3v) is 3.92. The number of carbonyl (C=O) groups excluding carboxylic acids is 1. The Morgan fingerprint density at radius 2 is 1.58 bits per heavy atom. The van der Waals surface area contributed by atoms with Crippen molar-refractivity contribution in [3.8, 4) is 5.75 Å². The Morgan fingerprint density at radius 3 is 2.25 bits per heavy atom. The van der Waals surface area contributed by atoms with Gasteiger partial charge in [0.05, 0.1) is 6.54 Å². The summed E-state index contributed by atoms with van der Waals surface area (Å²) in [4.78, 5) is 11.8. The number of rotatable bonds is 9. The molecule has 0 unspecified atom stereocenters. The van der Waals surface area contributed by atoms with E-state index in [2.05, 4.69) is 55.6 Å². The molecule has 3 heteroatoms. The molecule has 0 heterocycles. The average Bonchev–Trinajstić information content (AvgIpc) is 2.60. The predicted octanol–water partition coefficient (Wildman–Crippen LogP) is 4.08. The molecule has 2 aromatic rings. The number of hydrogen-bond donors (Lipinski definition) is 1. The van der Waals surface area contributed by atoms with Crippen LogP contribution in [0.5, 0.6) is 5.75 Å². The molecule has 24 heavy (non-hydrogen) atoms. The highest BCUT2D eigenvalue weighted by Gasteiger charge is 2.02. The van der Waals surface area contributed by atoms with Gasteiger partial charge in [0, 0.05) is 6.42 Å². The van der Waals surface area contributed by atoms with Crippen molar-refractivity contribution in [2.75, 3.05) is 13.2 Å². The molecule has 2 rings (SSSR count). The molecule has 2 aromatic carbocycles. The highest BCUT2D eigenvalue weighted by molar-refractivity contribution is 5.76. The van der Waals surface area contributed by atoms with Gasteiger partial charge in [-0.15, -0.1) is 0 Å². The molecule has 0 saturated heterocycles. The Morgan fingerprint density at radius 1 is 0.958 bits per heavy atom. The van der Waals surface area contributed by atoms with E-state index in [0.29, 0.717) is 19.6 Å². The molecule has 3 nitrogen and oxygen atoms in total. The third kappa shape index (κ3) is 6.45. The van der Waals surface area contributed by atoms with Gasteiger partial charge in [-0.1, -0.05) is 55.3 Å². The van der Waals surface area contributed by atoms with Crippen LogP contribution in [0, 0.1) is 6.92 Å². The van der Waals surface area contributed by atoms with E-state index in [9.17, 15) is 4.79 Å². The van der Waals surface area contributed by atoms with Crippen LogP contribution in [0.3, 0.4) is 0 Å². The highest BCUT2D eigenvalue weighted by Crippen LogP contribution is 2.13. The van der Waals surface area contributed by atoms with Gasteiger partial charge in [0.1, 0.15) is 12.4 Å². The van der Waals surface area contributed by atoms with E-state index in [1.165, 1.54) is 16.7 Å². The first-order valence-electron chi connectivity index (χ1n) is 8.71. The number of carbonyl (C=O) groups is 1. The summed E-state index contributed by atoms with van der Waals surface area (Å²) in [5, 5.41) is 2.90. The van der Waals surface area contributed by atoms with Gasteiger partial charge in [-0.3, -0.25) is 4.79 Å². The lowest BCUT2D eigenvalue weighted by atomic mass is 10.1. The van der Waals surface area contributed by atoms with Crippen molar-refractivity contribution in [1.82, 2.24) is 5.32 Å². The van der Waals surface area contributed by atoms with Gasteiger partial charge in [-0.05, 0) is 43.0 Å². The molecule has 0 atom stereocenters. The summed E-state index contributed by atoms with van der Waals surface area (Å²) in [5.41, 5.74) is 3.76. The number of hydrogen-bond acceptors (Lipinski definition) is 2. The van der Waals surface area contributed by atoms with Gasteiger partial charge in [0.2, 0.25) is 5.91 Å². The SMILES string of the molecule is CCCc1ccc(OCCNC(=O)CCc2ccc(C)cc2)cc1. The summed E-state index contributed by atoms with van der Waals surface area (Å²) in [6.07, 6.45) is 3.52. The number of ether oxygens (including phenoxy) is 1. The van der Waals surface area contributed by atoms with Crippen LogP contribution in [-0.4, -0.2) is 19.1 Å². The predicted molar refractivity (Wildman–Crippen MR) is 98.4 cm³/mol. The van der Waals surface area contributed by atoms with E-state index in [0.717, 1.165) is 25.0 Å². The Kier molecular flexibility index (Phi) is 7.34. The summed E-state index contributed by atoms with van der Waals surface area (Å²) in [5.74, 6) is 0.918. The zero-order valence-electron chi connectivity index (χ0n) is 14.7. The lowest BCUT2D eigenvalue weighted by Crippen LogP contribution is -2.28. The summed E-state index contributed by atoms with van der Waals surface area (Å²) < 4.78 is 5.65. The molecule has 1 N–H and O–H groups in total. The van der Waals surface area contributed by atoms with Gasteiger partial charge < -0.3 is 10.1 Å². The first-order chi connectivity index (χ1) is 11.7. The molecule has 0 spiro atoms. The summed E-state index contributed by atoms with van der Waals surface area (Å²) in [7, 11) is 0. The van der Waals surface area contributed by atoms with E-state index < -0.39 is 0 Å². The number of benzene rings is 2. The van der Waals surface area contributed by atoms with Crippen molar-refractivity contribution < 1.29 is 9.53 Å². The number of aryl methyl sites for hydroxylation is 3. The molecule has 0 radical (unpaired) electrons. The molecule has 128 valence electrons. The molecule has 1 amide bonds. The van der Waals surface area contributed by atoms with Crippen LogP contribution in [0.25, 0.3) is 0 Å². The second-order valence-corrected chi connectivity index (χ2v) is 6.08. The van der Waals surface area contributed by atoms with Crippen molar-refractivity contribution >= 4 is 5.91 Å². The Balaban J connectivity index is 1.61. The minimum atomic E-state index is 0.0671. The second kappa shape index (κ2) is 9.76. The maximum Gasteiger partial charge on any atom is 0.220 e. The largest absolute Gasteiger partial charge is 0.492 e. The summed E-state index contributed by atoms with van der Waals surface area (Å²) in [6.45, 7) is 5.26. The maximum atomic E-state index is 11.8. The van der Waals surface area contributed by atoms with Gasteiger partial charge in [0.25, 0.3) is 0 Å². The lowest BCUT2D eigenvalue weighted by molar-refractivity contribution is -0.121. The van der Waals surface area contributed by atoms with Crippen LogP contribution in [0.15, 0.2) is 48.5 Å². The minimum Gasteiger partial charge on any atom is -0.492 e. The monoisotopic (exact) mass is 325 g/mol. The fourth-order valence-corrected chi connectivity index (χ4v) is 2.50. The number of nitrogens with one attached hydrogen (secondary N) is 1. The molecule has 0 aliphatic heterocycles. The normalized spacial score (nSPS) is 10.4. The van der Waals surface area contributed by atoms with E-state index in [4.69, 9.17) is 4.74 Å². The van der Waals surface area contributed by atoms with Crippen LogP contribution >= 0.6 is 0 Å². The zero-order chi connectivity index (χ0) is 17.2. The van der Waals surface area contributed by atoms with Crippen molar-refractivity contribution in [2.24, 2.45) is 0 Å². The average molecular weight is 325 g/mol. The smallest absolute Gasteiger partial charge is 0.220 e. The molecule has 0 aliphatic carbocycles. The van der Waals surface area contributed by atoms with E-state index in [1.807, 2.05) is 12.1 Å². The minimum absolute atomic E-state index is 0.0671. The Bertz CT molecular complexity index is 617. The van der Waals surface area contributed by atoms with Crippen molar-refractivity contribution in [1.29, 1.82) is 0 Å². The van der Waals surface area contributed by atoms with E-state index in [1.54, 1.807) is 0 Å². The van der Waals surface area contributed by atoms with Crippen molar-refractivity contribution in [3.05, 3.63) is 65.2 Å². The van der Waals surface area contributed by atoms with Crippen molar-refractivity contribution in [3.63, 3.8) is 0 Å². The van der Waals surface area contributed by atoms with Gasteiger partial charge in [0.15, 0.2) is 0 Å². The first-order valence-corrected chi connectivity index (χ1v) is 8.71. The Hall–Kier alpha value is -2.29. The molecule has 0 aromatic heterocycles. The highest BCUT2D eigenvalue weighted by atomic mass is 16.5. The van der Waals surface area contributed by atoms with Crippen molar-refractivity contribution in [2.45, 2.75) is 39.5 Å². The number of amides is 1. The maximum absolute atomic E-state index is 11.8. The fraction of sp³-hybridized carbons (Fsp3) is 0.381. The molecular formula is C21H27NO2. The van der Waals surface area contributed by atoms with Gasteiger partial charge in [-0.2, -0.15) is 0 Å². The molecule has 0 fully saturated rings. The summed E-state index contributed by atoms with van der Waals surface area (Å²) in [6, 6.07) is 16.5. The van der Waals surface area contributed by atoms with Gasteiger partial charge >= 0.3 is 0 Å². The second-order valence-electron chi connectivity index (χ2n) is 6.08. The van der Waals surface area contributed by atoms with E-state index in [-0.39, 0.29) is 5.91 Å². The quantitative estimate of drug-likeness (QED) is 0.706. The van der Waals surface area contributed by atoms with Crippen LogP contribution < -0.4 is 10.1 Å². The van der Waals surface area contributed by atoms with Crippen LogP contribution in [0.1, 0.15) is 36.5 Å². The first kappa shape index (κ1) is 18.1. The standard InChI is InChI=1S/C21H27NO2/c1-3-4-18-9-12-20(13-10-18)24-16-15-22-21(23)14-11-19-7-5-17(2)6-8-19/h5-10,12-13H,3-4,11,14-16H2,1-2H3,(H,22,23). The van der Waals surface area contributed by atoms with Crippen LogP contribution in [0.4, 0.5) is 0 Å². The molecular weight excluding hydrogens is 298 g/mol. The zero-order valence-corrected chi connectivity index (χ0v) is 14.7. The van der Waals surface area contributed by atoms with Gasteiger partial charge in [-0.25, -0.2) is 0 Å². The molecule has 0 aliphatic rings. The summed E-state index contributed by atoms with van der Waals surface area (Å²) >= 11 is 0. The van der Waals surface area contributed by atoms with E-state index >= 15 is 0 Å². The fourth-order valence-electron chi connectivity index (χ4n) is 2.50. The molecule has 0 saturated carbocycles. The Labute approximate surface area is 145 Å². The van der Waals surface area contributed by atoms with Crippen LogP contribution in [-0.2, 0) is 17.6 Å².